The van der Waals surface area contributed by atoms with E-state index in [0.717, 1.165) is 0 Å². The maximum atomic E-state index is 12.5. The van der Waals surface area contributed by atoms with Gasteiger partial charge in [0.1, 0.15) is 0 Å². The quantitative estimate of drug-likeness (QED) is 0.571. The van der Waals surface area contributed by atoms with Crippen LogP contribution in [-0.4, -0.2) is 6.29 Å². The van der Waals surface area contributed by atoms with E-state index in [1.807, 2.05) is 0 Å². The first-order valence-corrected chi connectivity index (χ1v) is 3.48. The lowest BCUT2D eigenvalue weighted by Gasteiger charge is -2.04. The second kappa shape index (κ2) is 2.36. The average molecular weight is 182 g/mol. The Morgan fingerprint density at radius 3 is 2.77 bits per heavy atom. The minimum absolute atomic E-state index is 0.0274. The minimum Gasteiger partial charge on any atom is -0.395 e. The number of hydrogen-bond acceptors (Lipinski definition) is 2. The fourth-order valence-corrected chi connectivity index (χ4v) is 1.08. The summed E-state index contributed by atoms with van der Waals surface area (Å²) in [6.45, 7) is 0. The standard InChI is InChI=1S/C9H4F2O2/c1-2-6-4-3-5-7-8(6)13-9(10,11)12-7/h1,3-5H. The highest BCUT2D eigenvalue weighted by Crippen LogP contribution is 2.42. The van der Waals surface area contributed by atoms with Crippen molar-refractivity contribution in [2.75, 3.05) is 0 Å². The highest BCUT2D eigenvalue weighted by molar-refractivity contribution is 5.55. The molecule has 0 radical (unpaired) electrons. The zero-order chi connectivity index (χ0) is 9.47. The summed E-state index contributed by atoms with van der Waals surface area (Å²) in [5, 5.41) is 0. The highest BCUT2D eigenvalue weighted by atomic mass is 19.3. The molecule has 0 saturated carbocycles. The number of hydrogen-bond donors (Lipinski definition) is 0. The maximum absolute atomic E-state index is 12.5. The fourth-order valence-electron chi connectivity index (χ4n) is 1.08. The molecule has 1 aliphatic heterocycles. The first kappa shape index (κ1) is 7.87. The fraction of sp³-hybridized carbons (Fsp3) is 0.111. The van der Waals surface area contributed by atoms with E-state index in [0.29, 0.717) is 0 Å². The molecule has 0 spiro atoms. The molecule has 0 N–H and O–H groups in total. The van der Waals surface area contributed by atoms with Gasteiger partial charge < -0.3 is 9.47 Å². The molecule has 2 nitrogen and oxygen atoms in total. The van der Waals surface area contributed by atoms with Crippen molar-refractivity contribution in [2.24, 2.45) is 0 Å². The third-order valence-electron chi connectivity index (χ3n) is 1.58. The first-order chi connectivity index (χ1) is 6.12. The van der Waals surface area contributed by atoms with Gasteiger partial charge >= 0.3 is 6.29 Å². The number of para-hydroxylation sites is 1. The van der Waals surface area contributed by atoms with Gasteiger partial charge in [-0.1, -0.05) is 12.0 Å². The molecule has 1 aliphatic rings. The third kappa shape index (κ3) is 1.18. The summed E-state index contributed by atoms with van der Waals surface area (Å²) in [7, 11) is 0. The Bertz CT molecular complexity index is 393. The van der Waals surface area contributed by atoms with E-state index in [-0.39, 0.29) is 17.1 Å². The van der Waals surface area contributed by atoms with E-state index in [1.54, 1.807) is 0 Å². The monoisotopic (exact) mass is 182 g/mol. The molecule has 4 heteroatoms. The van der Waals surface area contributed by atoms with Crippen LogP contribution in [-0.2, 0) is 0 Å². The molecule has 0 atom stereocenters. The van der Waals surface area contributed by atoms with Crippen LogP contribution in [0.1, 0.15) is 5.56 Å². The van der Waals surface area contributed by atoms with E-state index in [4.69, 9.17) is 6.42 Å². The Kier molecular flexibility index (Phi) is 1.43. The molecule has 1 aromatic rings. The van der Waals surface area contributed by atoms with Crippen molar-refractivity contribution in [1.82, 2.24) is 0 Å². The molecule has 13 heavy (non-hydrogen) atoms. The molecule has 1 heterocycles. The average Bonchev–Trinajstić information content (AvgIpc) is 2.37. The molecular weight excluding hydrogens is 178 g/mol. The van der Waals surface area contributed by atoms with Gasteiger partial charge in [-0.05, 0) is 12.1 Å². The molecule has 0 fully saturated rings. The van der Waals surface area contributed by atoms with Crippen molar-refractivity contribution < 1.29 is 18.3 Å². The predicted molar refractivity (Wildman–Crippen MR) is 40.6 cm³/mol. The molecule has 0 bridgehead atoms. The van der Waals surface area contributed by atoms with E-state index >= 15 is 0 Å². The van der Waals surface area contributed by atoms with Crippen LogP contribution in [0.4, 0.5) is 8.78 Å². The summed E-state index contributed by atoms with van der Waals surface area (Å²) in [6, 6.07) is 4.40. The van der Waals surface area contributed by atoms with E-state index in [1.165, 1.54) is 18.2 Å². The number of rotatable bonds is 0. The summed E-state index contributed by atoms with van der Waals surface area (Å²) < 4.78 is 33.5. The second-order valence-electron chi connectivity index (χ2n) is 2.44. The Hall–Kier alpha value is -1.76. The van der Waals surface area contributed by atoms with Crippen molar-refractivity contribution in [3.63, 3.8) is 0 Å². The molecule has 0 aliphatic carbocycles. The number of benzene rings is 1. The van der Waals surface area contributed by atoms with Gasteiger partial charge in [0.25, 0.3) is 0 Å². The van der Waals surface area contributed by atoms with Crippen molar-refractivity contribution in [3.05, 3.63) is 23.8 Å². The largest absolute Gasteiger partial charge is 0.586 e. The van der Waals surface area contributed by atoms with Gasteiger partial charge in [-0.25, -0.2) is 0 Å². The Morgan fingerprint density at radius 2 is 2.08 bits per heavy atom. The van der Waals surface area contributed by atoms with Crippen LogP contribution in [0.15, 0.2) is 18.2 Å². The van der Waals surface area contributed by atoms with Gasteiger partial charge in [-0.3, -0.25) is 0 Å². The van der Waals surface area contributed by atoms with E-state index in [9.17, 15) is 8.78 Å². The lowest BCUT2D eigenvalue weighted by atomic mass is 10.2. The van der Waals surface area contributed by atoms with E-state index in [2.05, 4.69) is 15.4 Å². The van der Waals surface area contributed by atoms with Gasteiger partial charge in [0.05, 0.1) is 5.56 Å². The van der Waals surface area contributed by atoms with Crippen molar-refractivity contribution in [1.29, 1.82) is 0 Å². The normalized spacial score (nSPS) is 16.7. The Morgan fingerprint density at radius 1 is 1.31 bits per heavy atom. The van der Waals surface area contributed by atoms with Crippen molar-refractivity contribution in [3.8, 4) is 23.8 Å². The summed E-state index contributed by atoms with van der Waals surface area (Å²) in [4.78, 5) is 0. The summed E-state index contributed by atoms with van der Waals surface area (Å²) >= 11 is 0. The SMILES string of the molecule is C#Cc1cccc2c1OC(F)(F)O2. The summed E-state index contributed by atoms with van der Waals surface area (Å²) in [6.07, 6.45) is 1.48. The Labute approximate surface area is 73.1 Å². The van der Waals surface area contributed by atoms with Gasteiger partial charge in [-0.15, -0.1) is 15.2 Å². The Balaban J connectivity index is 2.53. The lowest BCUT2D eigenvalue weighted by molar-refractivity contribution is -0.286. The summed E-state index contributed by atoms with van der Waals surface area (Å²) in [5.74, 6) is 2.13. The number of halogens is 2. The molecule has 0 aromatic heterocycles. The molecule has 2 rings (SSSR count). The van der Waals surface area contributed by atoms with Crippen LogP contribution < -0.4 is 9.47 Å². The first-order valence-electron chi connectivity index (χ1n) is 3.48. The molecule has 0 saturated heterocycles. The predicted octanol–water partition coefficient (Wildman–Crippen LogP) is 1.99. The molecule has 66 valence electrons. The number of fused-ring (bicyclic) bond motifs is 1. The third-order valence-corrected chi connectivity index (χ3v) is 1.58. The zero-order valence-corrected chi connectivity index (χ0v) is 6.38. The number of terminal acetylenes is 1. The van der Waals surface area contributed by atoms with Crippen LogP contribution in [0, 0.1) is 12.3 Å². The molecular formula is C9H4F2O2. The van der Waals surface area contributed by atoms with Crippen molar-refractivity contribution >= 4 is 0 Å². The highest BCUT2D eigenvalue weighted by Gasteiger charge is 2.44. The van der Waals surface area contributed by atoms with Crippen LogP contribution >= 0.6 is 0 Å². The van der Waals surface area contributed by atoms with Crippen LogP contribution in [0.3, 0.4) is 0 Å². The topological polar surface area (TPSA) is 18.5 Å². The minimum atomic E-state index is -3.60. The molecule has 0 unspecified atom stereocenters. The smallest absolute Gasteiger partial charge is 0.395 e. The van der Waals surface area contributed by atoms with Crippen LogP contribution in [0.5, 0.6) is 11.5 Å². The van der Waals surface area contributed by atoms with Gasteiger partial charge in [0.2, 0.25) is 0 Å². The van der Waals surface area contributed by atoms with Crippen LogP contribution in [0.2, 0.25) is 0 Å². The second-order valence-corrected chi connectivity index (χ2v) is 2.44. The summed E-state index contributed by atoms with van der Waals surface area (Å²) in [5.41, 5.74) is 0.259. The van der Waals surface area contributed by atoms with Gasteiger partial charge in [0.15, 0.2) is 11.5 Å². The van der Waals surface area contributed by atoms with Gasteiger partial charge in [0, 0.05) is 0 Å². The lowest BCUT2D eigenvalue weighted by Crippen LogP contribution is -2.26. The van der Waals surface area contributed by atoms with E-state index < -0.39 is 6.29 Å². The van der Waals surface area contributed by atoms with Crippen molar-refractivity contribution in [2.45, 2.75) is 6.29 Å². The number of alkyl halides is 2. The number of ether oxygens (including phenoxy) is 2. The zero-order valence-electron chi connectivity index (χ0n) is 6.38. The maximum Gasteiger partial charge on any atom is 0.586 e. The van der Waals surface area contributed by atoms with Crippen LogP contribution in [0.25, 0.3) is 0 Å². The molecule has 1 aromatic carbocycles. The van der Waals surface area contributed by atoms with Gasteiger partial charge in [-0.2, -0.15) is 0 Å². The molecule has 0 amide bonds.